The molecule has 2 aromatic rings. The number of hydrogen-bond acceptors (Lipinski definition) is 12. The average molecular weight is 591 g/mol. The highest BCUT2D eigenvalue weighted by Crippen LogP contribution is 2.30. The van der Waals surface area contributed by atoms with E-state index in [1.165, 1.54) is 26.4 Å². The van der Waals surface area contributed by atoms with Gasteiger partial charge < -0.3 is 29.5 Å². The fourth-order valence-corrected chi connectivity index (χ4v) is 2.45. The van der Waals surface area contributed by atoms with Crippen molar-refractivity contribution in [2.75, 3.05) is 26.2 Å². The first-order valence-electron chi connectivity index (χ1n) is 10.4. The van der Waals surface area contributed by atoms with Crippen molar-refractivity contribution in [1.82, 2.24) is 0 Å². The second-order valence-electron chi connectivity index (χ2n) is 6.74. The molecule has 0 saturated carbocycles. The van der Waals surface area contributed by atoms with E-state index in [0.717, 1.165) is 36.0 Å². The number of esters is 2. The molecule has 0 bridgehead atoms. The summed E-state index contributed by atoms with van der Waals surface area (Å²) in [7, 11) is 2.69. The van der Waals surface area contributed by atoms with Crippen LogP contribution in [0.25, 0.3) is 0 Å². The molecule has 15 heteroatoms. The summed E-state index contributed by atoms with van der Waals surface area (Å²) in [5.74, 6) is -1.51. The lowest BCUT2D eigenvalue weighted by molar-refractivity contribution is -0.385. The SMILES string of the molecule is COC(=O)CCCBr.COC(=O)CCCOc1cc([N+](=O)[O-])ccc1O.O=[N+]([O-])c1ccc(O)c(O)c1. The standard InChI is InChI=1S/C11H13NO6.C6H5NO4.C5H9BrO2/c1-17-11(14)3-2-6-18-10-7-8(12(15)16)4-5-9(10)13;8-5-2-1-4(7(10)11)3-6(5)9;1-8-5(7)3-2-4-6/h4-5,7,13H,2-3,6H2,1H3;1-3,8-9H;2-4H2,1H3. The molecule has 2 rings (SSSR count). The number of phenolic OH excluding ortho intramolecular Hbond substituents is 3. The van der Waals surface area contributed by atoms with Crippen LogP contribution in [0, 0.1) is 20.2 Å². The number of halogens is 1. The Bertz CT molecular complexity index is 1050. The van der Waals surface area contributed by atoms with E-state index in [0.29, 0.717) is 12.8 Å². The molecule has 0 amide bonds. The molecule has 0 fully saturated rings. The van der Waals surface area contributed by atoms with E-state index in [4.69, 9.17) is 14.9 Å². The Morgan fingerprint density at radius 1 is 0.811 bits per heavy atom. The molecule has 0 spiro atoms. The molecule has 0 radical (unpaired) electrons. The van der Waals surface area contributed by atoms with Crippen LogP contribution in [0.5, 0.6) is 23.0 Å². The van der Waals surface area contributed by atoms with Crippen LogP contribution in [-0.4, -0.2) is 63.3 Å². The van der Waals surface area contributed by atoms with Crippen LogP contribution in [0.2, 0.25) is 0 Å². The normalized spacial score (nSPS) is 9.49. The third kappa shape index (κ3) is 14.1. The topological polar surface area (TPSA) is 209 Å². The molecule has 0 atom stereocenters. The Hall–Kier alpha value is -4.14. The number of nitrogens with zero attached hydrogens (tertiary/aromatic N) is 2. The van der Waals surface area contributed by atoms with Gasteiger partial charge >= 0.3 is 11.9 Å². The van der Waals surface area contributed by atoms with E-state index < -0.39 is 15.6 Å². The number of methoxy groups -OCH3 is 2. The van der Waals surface area contributed by atoms with Gasteiger partial charge in [0.15, 0.2) is 23.0 Å². The van der Waals surface area contributed by atoms with E-state index in [-0.39, 0.29) is 53.6 Å². The summed E-state index contributed by atoms with van der Waals surface area (Å²) in [4.78, 5) is 40.5. The van der Waals surface area contributed by atoms with Crippen molar-refractivity contribution >= 4 is 39.2 Å². The smallest absolute Gasteiger partial charge is 0.305 e. The van der Waals surface area contributed by atoms with Gasteiger partial charge in [0.1, 0.15) is 0 Å². The van der Waals surface area contributed by atoms with Crippen molar-refractivity contribution in [2.45, 2.75) is 25.7 Å². The summed E-state index contributed by atoms with van der Waals surface area (Å²) in [6, 6.07) is 6.55. The highest BCUT2D eigenvalue weighted by atomic mass is 79.9. The lowest BCUT2D eigenvalue weighted by Crippen LogP contribution is -2.04. The molecular weight excluding hydrogens is 564 g/mol. The van der Waals surface area contributed by atoms with Gasteiger partial charge in [-0.25, -0.2) is 0 Å². The molecule has 37 heavy (non-hydrogen) atoms. The largest absolute Gasteiger partial charge is 0.504 e. The first-order valence-corrected chi connectivity index (χ1v) is 11.5. The van der Waals surface area contributed by atoms with Crippen LogP contribution in [0.1, 0.15) is 25.7 Å². The van der Waals surface area contributed by atoms with Crippen LogP contribution >= 0.6 is 15.9 Å². The average Bonchev–Trinajstić information content (AvgIpc) is 2.87. The summed E-state index contributed by atoms with van der Waals surface area (Å²) in [6.07, 6.45) is 1.95. The molecule has 14 nitrogen and oxygen atoms in total. The summed E-state index contributed by atoms with van der Waals surface area (Å²) >= 11 is 3.20. The number of aromatic hydroxyl groups is 3. The van der Waals surface area contributed by atoms with Gasteiger partial charge in [0, 0.05) is 30.3 Å². The van der Waals surface area contributed by atoms with Crippen LogP contribution in [0.15, 0.2) is 36.4 Å². The van der Waals surface area contributed by atoms with Gasteiger partial charge in [-0.1, -0.05) is 15.9 Å². The fraction of sp³-hybridized carbons (Fsp3) is 0.364. The van der Waals surface area contributed by atoms with Crippen molar-refractivity contribution in [3.8, 4) is 23.0 Å². The Morgan fingerprint density at radius 3 is 1.76 bits per heavy atom. The first kappa shape index (κ1) is 32.9. The van der Waals surface area contributed by atoms with Gasteiger partial charge in [-0.05, 0) is 25.0 Å². The van der Waals surface area contributed by atoms with Crippen LogP contribution < -0.4 is 4.74 Å². The minimum atomic E-state index is -0.654. The highest BCUT2D eigenvalue weighted by Gasteiger charge is 2.11. The lowest BCUT2D eigenvalue weighted by Gasteiger charge is -2.07. The van der Waals surface area contributed by atoms with E-state index in [1.54, 1.807) is 0 Å². The number of phenols is 3. The van der Waals surface area contributed by atoms with E-state index in [9.17, 15) is 34.9 Å². The van der Waals surface area contributed by atoms with Crippen molar-refractivity contribution in [2.24, 2.45) is 0 Å². The highest BCUT2D eigenvalue weighted by molar-refractivity contribution is 9.09. The summed E-state index contributed by atoms with van der Waals surface area (Å²) < 4.78 is 14.0. The van der Waals surface area contributed by atoms with E-state index in [2.05, 4.69) is 25.4 Å². The Morgan fingerprint density at radius 2 is 1.30 bits per heavy atom. The van der Waals surface area contributed by atoms with Gasteiger partial charge in [-0.2, -0.15) is 0 Å². The number of nitro benzene ring substituents is 2. The van der Waals surface area contributed by atoms with Gasteiger partial charge in [0.25, 0.3) is 11.4 Å². The molecule has 204 valence electrons. The van der Waals surface area contributed by atoms with Crippen LogP contribution in [0.4, 0.5) is 11.4 Å². The van der Waals surface area contributed by atoms with E-state index in [1.807, 2.05) is 0 Å². The molecular formula is C22H27BrN2O12. The van der Waals surface area contributed by atoms with Crippen molar-refractivity contribution in [3.05, 3.63) is 56.6 Å². The fourth-order valence-electron chi connectivity index (χ4n) is 2.17. The number of nitro groups is 2. The van der Waals surface area contributed by atoms with Crippen molar-refractivity contribution in [3.63, 3.8) is 0 Å². The number of carbonyl (C=O) groups is 2. The third-order valence-corrected chi connectivity index (χ3v) is 4.64. The second kappa shape index (κ2) is 18.2. The van der Waals surface area contributed by atoms with Gasteiger partial charge in [0.2, 0.25) is 0 Å². The first-order chi connectivity index (χ1) is 17.5. The zero-order chi connectivity index (χ0) is 28.4. The molecule has 0 aliphatic rings. The van der Waals surface area contributed by atoms with Crippen molar-refractivity contribution in [1.29, 1.82) is 0 Å². The number of ether oxygens (including phenoxy) is 3. The molecule has 0 saturated heterocycles. The zero-order valence-corrected chi connectivity index (χ0v) is 21.6. The van der Waals surface area contributed by atoms with Gasteiger partial charge in [-0.15, -0.1) is 0 Å². The molecule has 3 N–H and O–H groups in total. The lowest BCUT2D eigenvalue weighted by atomic mass is 10.3. The predicted octanol–water partition coefficient (Wildman–Crippen LogP) is 3.97. The molecule has 0 unspecified atom stereocenters. The maximum Gasteiger partial charge on any atom is 0.305 e. The summed E-state index contributed by atoms with van der Waals surface area (Å²) in [6.45, 7) is 0.157. The number of benzene rings is 2. The second-order valence-corrected chi connectivity index (χ2v) is 7.53. The molecule has 0 heterocycles. The zero-order valence-electron chi connectivity index (χ0n) is 20.0. The monoisotopic (exact) mass is 590 g/mol. The van der Waals surface area contributed by atoms with Gasteiger partial charge in [-0.3, -0.25) is 29.8 Å². The maximum absolute atomic E-state index is 10.8. The van der Waals surface area contributed by atoms with Crippen molar-refractivity contribution < 1.29 is 49.0 Å². The predicted molar refractivity (Wildman–Crippen MR) is 133 cm³/mol. The third-order valence-electron chi connectivity index (χ3n) is 4.08. The quantitative estimate of drug-likeness (QED) is 0.0895. The Balaban J connectivity index is 0.000000580. The molecule has 0 aliphatic heterocycles. The Labute approximate surface area is 219 Å². The van der Waals surface area contributed by atoms with Crippen LogP contribution in [-0.2, 0) is 19.1 Å². The summed E-state index contributed by atoms with van der Waals surface area (Å²) in [5, 5.41) is 48.4. The van der Waals surface area contributed by atoms with E-state index >= 15 is 0 Å². The molecule has 2 aromatic carbocycles. The molecule has 0 aliphatic carbocycles. The number of carbonyl (C=O) groups excluding carboxylic acids is 2. The summed E-state index contributed by atoms with van der Waals surface area (Å²) in [5.41, 5.74) is -0.420. The number of non-ortho nitro benzene ring substituents is 2. The molecule has 0 aromatic heterocycles. The maximum atomic E-state index is 10.8. The minimum absolute atomic E-state index is 0.0223. The Kier molecular flexibility index (Phi) is 16.1. The number of hydrogen-bond donors (Lipinski definition) is 3. The number of rotatable bonds is 10. The number of alkyl halides is 1. The van der Waals surface area contributed by atoms with Gasteiger partial charge in [0.05, 0.1) is 42.8 Å². The van der Waals surface area contributed by atoms with Crippen LogP contribution in [0.3, 0.4) is 0 Å². The minimum Gasteiger partial charge on any atom is -0.504 e.